The van der Waals surface area contributed by atoms with Crippen LogP contribution in [0.5, 0.6) is 0 Å². The zero-order valence-electron chi connectivity index (χ0n) is 10.5. The van der Waals surface area contributed by atoms with E-state index in [2.05, 4.69) is 23.5 Å². The lowest BCUT2D eigenvalue weighted by molar-refractivity contribution is 0.372. The predicted octanol–water partition coefficient (Wildman–Crippen LogP) is 2.40. The summed E-state index contributed by atoms with van der Waals surface area (Å²) in [6, 6.07) is 0.735. The molecule has 0 unspecified atom stereocenters. The third-order valence-corrected chi connectivity index (χ3v) is 3.51. The first-order chi connectivity index (χ1) is 7.79. The molecule has 1 fully saturated rings. The molecule has 0 aromatic carbocycles. The zero-order valence-corrected chi connectivity index (χ0v) is 10.5. The molecule has 0 spiro atoms. The van der Waals surface area contributed by atoms with E-state index in [1.165, 1.54) is 43.4 Å². The minimum absolute atomic E-state index is 0.735. The Morgan fingerprint density at radius 1 is 1.38 bits per heavy atom. The molecule has 1 N–H and O–H groups in total. The van der Waals surface area contributed by atoms with Gasteiger partial charge in [-0.05, 0) is 19.3 Å². The van der Waals surface area contributed by atoms with Gasteiger partial charge in [0.2, 0.25) is 0 Å². The van der Waals surface area contributed by atoms with E-state index in [1.54, 1.807) is 0 Å². The van der Waals surface area contributed by atoms with Crippen molar-refractivity contribution in [2.45, 2.75) is 58.0 Å². The van der Waals surface area contributed by atoms with E-state index in [9.17, 15) is 0 Å². The highest BCUT2D eigenvalue weighted by Crippen LogP contribution is 2.18. The first-order valence-electron chi connectivity index (χ1n) is 6.54. The van der Waals surface area contributed by atoms with Crippen LogP contribution in [-0.4, -0.2) is 15.8 Å². The van der Waals surface area contributed by atoms with E-state index in [4.69, 9.17) is 0 Å². The summed E-state index contributed by atoms with van der Waals surface area (Å²) in [5.74, 6) is 0. The van der Waals surface area contributed by atoms with E-state index in [-0.39, 0.29) is 0 Å². The summed E-state index contributed by atoms with van der Waals surface area (Å²) >= 11 is 0. The van der Waals surface area contributed by atoms with E-state index in [1.807, 2.05) is 11.7 Å². The Morgan fingerprint density at radius 3 is 2.81 bits per heavy atom. The van der Waals surface area contributed by atoms with Crippen molar-refractivity contribution in [1.29, 1.82) is 0 Å². The number of rotatable bonds is 4. The fourth-order valence-electron chi connectivity index (χ4n) is 2.59. The quantitative estimate of drug-likeness (QED) is 0.846. The number of aryl methyl sites for hydroxylation is 2. The Bertz CT molecular complexity index is 324. The van der Waals surface area contributed by atoms with Gasteiger partial charge in [0, 0.05) is 31.4 Å². The molecule has 3 nitrogen and oxygen atoms in total. The van der Waals surface area contributed by atoms with Gasteiger partial charge in [-0.25, -0.2) is 0 Å². The lowest BCUT2D eigenvalue weighted by Crippen LogP contribution is -2.30. The second-order valence-corrected chi connectivity index (χ2v) is 4.84. The highest BCUT2D eigenvalue weighted by molar-refractivity contribution is 5.16. The molecule has 0 atom stereocenters. The number of hydrogen-bond acceptors (Lipinski definition) is 2. The van der Waals surface area contributed by atoms with Crippen molar-refractivity contribution in [3.05, 3.63) is 17.5 Å². The van der Waals surface area contributed by atoms with Crippen LogP contribution < -0.4 is 5.32 Å². The SMILES string of the molecule is CCc1nn(C)cc1CNC1CCCCC1. The Hall–Kier alpha value is -0.830. The molecule has 0 radical (unpaired) electrons. The molecule has 1 heterocycles. The summed E-state index contributed by atoms with van der Waals surface area (Å²) in [6.07, 6.45) is 10.1. The molecule has 1 aliphatic carbocycles. The fourth-order valence-corrected chi connectivity index (χ4v) is 2.59. The van der Waals surface area contributed by atoms with Gasteiger partial charge >= 0.3 is 0 Å². The molecule has 3 heteroatoms. The van der Waals surface area contributed by atoms with Crippen LogP contribution in [0.3, 0.4) is 0 Å². The monoisotopic (exact) mass is 221 g/mol. The molecule has 0 saturated heterocycles. The Labute approximate surface area is 98.2 Å². The summed E-state index contributed by atoms with van der Waals surface area (Å²) in [7, 11) is 2.00. The largest absolute Gasteiger partial charge is 0.310 e. The standard InChI is InChI=1S/C13H23N3/c1-3-13-11(10-16(2)15-13)9-14-12-7-5-4-6-8-12/h10,12,14H,3-9H2,1-2H3. The van der Waals surface area contributed by atoms with Crippen LogP contribution in [0.25, 0.3) is 0 Å². The fraction of sp³-hybridized carbons (Fsp3) is 0.769. The summed E-state index contributed by atoms with van der Waals surface area (Å²) in [4.78, 5) is 0. The number of hydrogen-bond donors (Lipinski definition) is 1. The maximum absolute atomic E-state index is 4.47. The number of nitrogens with one attached hydrogen (secondary N) is 1. The van der Waals surface area contributed by atoms with Gasteiger partial charge in [-0.3, -0.25) is 4.68 Å². The Balaban J connectivity index is 1.87. The van der Waals surface area contributed by atoms with Crippen LogP contribution in [0.15, 0.2) is 6.20 Å². The van der Waals surface area contributed by atoms with Gasteiger partial charge in [0.1, 0.15) is 0 Å². The molecule has 0 amide bonds. The van der Waals surface area contributed by atoms with Gasteiger partial charge in [0.05, 0.1) is 5.69 Å². The van der Waals surface area contributed by atoms with Crippen LogP contribution in [0.2, 0.25) is 0 Å². The van der Waals surface area contributed by atoms with Crippen molar-refractivity contribution in [2.75, 3.05) is 0 Å². The van der Waals surface area contributed by atoms with Crippen LogP contribution in [0, 0.1) is 0 Å². The van der Waals surface area contributed by atoms with Crippen molar-refractivity contribution in [2.24, 2.45) is 7.05 Å². The first kappa shape index (κ1) is 11.6. The third kappa shape index (κ3) is 2.85. The lowest BCUT2D eigenvalue weighted by atomic mass is 9.95. The van der Waals surface area contributed by atoms with Crippen molar-refractivity contribution >= 4 is 0 Å². The van der Waals surface area contributed by atoms with Gasteiger partial charge in [0.15, 0.2) is 0 Å². The normalized spacial score (nSPS) is 17.9. The van der Waals surface area contributed by atoms with E-state index >= 15 is 0 Å². The average Bonchev–Trinajstić information content (AvgIpc) is 2.68. The van der Waals surface area contributed by atoms with Gasteiger partial charge in [0.25, 0.3) is 0 Å². The molecule has 90 valence electrons. The van der Waals surface area contributed by atoms with E-state index < -0.39 is 0 Å². The first-order valence-corrected chi connectivity index (χ1v) is 6.54. The summed E-state index contributed by atoms with van der Waals surface area (Å²) < 4.78 is 1.93. The molecule has 1 aromatic heterocycles. The van der Waals surface area contributed by atoms with Crippen molar-refractivity contribution in [3.63, 3.8) is 0 Å². The molecular formula is C13H23N3. The van der Waals surface area contributed by atoms with Crippen molar-refractivity contribution in [1.82, 2.24) is 15.1 Å². The van der Waals surface area contributed by atoms with Crippen LogP contribution in [0.1, 0.15) is 50.3 Å². The zero-order chi connectivity index (χ0) is 11.4. The minimum Gasteiger partial charge on any atom is -0.310 e. The van der Waals surface area contributed by atoms with Crippen LogP contribution in [0.4, 0.5) is 0 Å². The lowest BCUT2D eigenvalue weighted by Gasteiger charge is -2.22. The summed E-state index contributed by atoms with van der Waals surface area (Å²) in [6.45, 7) is 3.16. The van der Waals surface area contributed by atoms with E-state index in [0.29, 0.717) is 0 Å². The summed E-state index contributed by atoms with van der Waals surface area (Å²) in [5.41, 5.74) is 2.61. The maximum Gasteiger partial charge on any atom is 0.0666 e. The molecular weight excluding hydrogens is 198 g/mol. The van der Waals surface area contributed by atoms with Gasteiger partial charge in [-0.1, -0.05) is 26.2 Å². The highest BCUT2D eigenvalue weighted by atomic mass is 15.3. The summed E-state index contributed by atoms with van der Waals surface area (Å²) in [5, 5.41) is 8.14. The van der Waals surface area contributed by atoms with Crippen molar-refractivity contribution in [3.8, 4) is 0 Å². The van der Waals surface area contributed by atoms with Gasteiger partial charge in [-0.15, -0.1) is 0 Å². The van der Waals surface area contributed by atoms with Crippen molar-refractivity contribution < 1.29 is 0 Å². The van der Waals surface area contributed by atoms with Gasteiger partial charge in [-0.2, -0.15) is 5.10 Å². The smallest absolute Gasteiger partial charge is 0.0666 e. The molecule has 2 rings (SSSR count). The average molecular weight is 221 g/mol. The topological polar surface area (TPSA) is 29.9 Å². The van der Waals surface area contributed by atoms with E-state index in [0.717, 1.165) is 19.0 Å². The Kier molecular flexibility index (Phi) is 3.99. The minimum atomic E-state index is 0.735. The van der Waals surface area contributed by atoms with Crippen LogP contribution >= 0.6 is 0 Å². The number of aromatic nitrogens is 2. The third-order valence-electron chi connectivity index (χ3n) is 3.51. The molecule has 0 bridgehead atoms. The number of nitrogens with zero attached hydrogens (tertiary/aromatic N) is 2. The van der Waals surface area contributed by atoms with Crippen LogP contribution in [-0.2, 0) is 20.0 Å². The molecule has 1 aromatic rings. The highest BCUT2D eigenvalue weighted by Gasteiger charge is 2.13. The predicted molar refractivity (Wildman–Crippen MR) is 66.3 cm³/mol. The molecule has 1 aliphatic rings. The molecule has 0 aliphatic heterocycles. The maximum atomic E-state index is 4.47. The molecule has 16 heavy (non-hydrogen) atoms. The second kappa shape index (κ2) is 5.48. The molecule has 1 saturated carbocycles. The van der Waals surface area contributed by atoms with Gasteiger partial charge < -0.3 is 5.32 Å². The second-order valence-electron chi connectivity index (χ2n) is 4.84. The Morgan fingerprint density at radius 2 is 2.12 bits per heavy atom.